The molecule has 1 nitrogen and oxygen atoms in total. The molecule has 0 aliphatic carbocycles. The van der Waals surface area contributed by atoms with E-state index in [1.54, 1.807) is 0 Å². The van der Waals surface area contributed by atoms with Crippen molar-refractivity contribution < 1.29 is 4.74 Å². The van der Waals surface area contributed by atoms with E-state index in [0.29, 0.717) is 18.4 Å². The van der Waals surface area contributed by atoms with Gasteiger partial charge in [0.25, 0.3) is 0 Å². The molecular formula is C15H22O. The van der Waals surface area contributed by atoms with E-state index in [1.807, 2.05) is 13.0 Å². The number of hydrogen-bond acceptors (Lipinski definition) is 1. The molecule has 88 valence electrons. The lowest BCUT2D eigenvalue weighted by atomic mass is 9.93. The fourth-order valence-electron chi connectivity index (χ4n) is 1.82. The van der Waals surface area contributed by atoms with Crippen molar-refractivity contribution in [2.24, 2.45) is 0 Å². The third-order valence-electron chi connectivity index (χ3n) is 2.83. The number of allylic oxidation sites excluding steroid dienone is 1. The van der Waals surface area contributed by atoms with Gasteiger partial charge in [-0.25, -0.2) is 0 Å². The summed E-state index contributed by atoms with van der Waals surface area (Å²) >= 11 is 0. The van der Waals surface area contributed by atoms with Crippen LogP contribution < -0.4 is 4.74 Å². The molecule has 0 fully saturated rings. The molecule has 0 spiro atoms. The molecule has 1 aromatic carbocycles. The van der Waals surface area contributed by atoms with Gasteiger partial charge in [0.05, 0.1) is 6.61 Å². The van der Waals surface area contributed by atoms with Crippen molar-refractivity contribution in [2.45, 2.75) is 39.5 Å². The highest BCUT2D eigenvalue weighted by Gasteiger charge is 2.14. The molecule has 0 bridgehead atoms. The van der Waals surface area contributed by atoms with Crippen LogP contribution in [-0.4, -0.2) is 6.61 Å². The highest BCUT2D eigenvalue weighted by molar-refractivity contribution is 5.46. The zero-order valence-electron chi connectivity index (χ0n) is 10.8. The minimum Gasteiger partial charge on any atom is -0.493 e. The fourth-order valence-corrected chi connectivity index (χ4v) is 1.82. The van der Waals surface area contributed by atoms with E-state index in [1.165, 1.54) is 11.1 Å². The number of para-hydroxylation sites is 1. The lowest BCUT2D eigenvalue weighted by Crippen LogP contribution is -2.03. The lowest BCUT2D eigenvalue weighted by Gasteiger charge is -2.19. The number of benzene rings is 1. The maximum absolute atomic E-state index is 5.80. The second kappa shape index (κ2) is 5.74. The van der Waals surface area contributed by atoms with Crippen LogP contribution >= 0.6 is 0 Å². The van der Waals surface area contributed by atoms with Crippen LogP contribution in [0.15, 0.2) is 30.9 Å². The van der Waals surface area contributed by atoms with Crippen molar-refractivity contribution in [2.75, 3.05) is 6.61 Å². The van der Waals surface area contributed by atoms with Crippen molar-refractivity contribution in [3.63, 3.8) is 0 Å². The molecule has 1 atom stereocenters. The molecule has 0 saturated heterocycles. The maximum atomic E-state index is 5.80. The Morgan fingerprint density at radius 3 is 2.38 bits per heavy atom. The zero-order valence-corrected chi connectivity index (χ0v) is 10.8. The molecule has 1 heteroatoms. The van der Waals surface area contributed by atoms with Gasteiger partial charge in [0.2, 0.25) is 0 Å². The summed E-state index contributed by atoms with van der Waals surface area (Å²) < 4.78 is 5.80. The molecule has 0 heterocycles. The predicted molar refractivity (Wildman–Crippen MR) is 70.3 cm³/mol. The lowest BCUT2D eigenvalue weighted by molar-refractivity contribution is 0.331. The van der Waals surface area contributed by atoms with Gasteiger partial charge in [0.15, 0.2) is 0 Å². The quantitative estimate of drug-likeness (QED) is 0.661. The van der Waals surface area contributed by atoms with E-state index in [0.717, 1.165) is 5.75 Å². The van der Waals surface area contributed by atoms with Gasteiger partial charge in [0.1, 0.15) is 5.75 Å². The molecule has 16 heavy (non-hydrogen) atoms. The fraction of sp³-hybridized carbons (Fsp3) is 0.467. The Kier molecular flexibility index (Phi) is 4.60. The summed E-state index contributed by atoms with van der Waals surface area (Å²) in [4.78, 5) is 0. The normalized spacial score (nSPS) is 12.6. The van der Waals surface area contributed by atoms with Crippen LogP contribution in [0.25, 0.3) is 0 Å². The topological polar surface area (TPSA) is 9.23 Å². The number of ether oxygens (including phenoxy) is 1. The van der Waals surface area contributed by atoms with Crippen molar-refractivity contribution in [3.05, 3.63) is 42.0 Å². The first-order valence-corrected chi connectivity index (χ1v) is 5.99. The molecule has 1 rings (SSSR count). The first-order valence-electron chi connectivity index (χ1n) is 5.99. The summed E-state index contributed by atoms with van der Waals surface area (Å²) in [5.74, 6) is 1.87. The van der Waals surface area contributed by atoms with Gasteiger partial charge in [-0.05, 0) is 18.4 Å². The van der Waals surface area contributed by atoms with E-state index in [2.05, 4.69) is 45.5 Å². The highest BCUT2D eigenvalue weighted by atomic mass is 16.5. The molecule has 0 aromatic heterocycles. The van der Waals surface area contributed by atoms with E-state index in [9.17, 15) is 0 Å². The summed E-state index contributed by atoms with van der Waals surface area (Å²) in [6.07, 6.45) is 1.96. The van der Waals surface area contributed by atoms with Gasteiger partial charge in [-0.3, -0.25) is 0 Å². The first kappa shape index (κ1) is 12.8. The van der Waals surface area contributed by atoms with Gasteiger partial charge in [-0.15, -0.1) is 6.58 Å². The molecule has 0 amide bonds. The first-order chi connectivity index (χ1) is 7.61. The van der Waals surface area contributed by atoms with Crippen LogP contribution in [-0.2, 0) is 0 Å². The third-order valence-corrected chi connectivity index (χ3v) is 2.83. The zero-order chi connectivity index (χ0) is 12.1. The Bertz CT molecular complexity index is 352. The summed E-state index contributed by atoms with van der Waals surface area (Å²) in [7, 11) is 0. The summed E-state index contributed by atoms with van der Waals surface area (Å²) in [6.45, 7) is 13.1. The number of rotatable bonds is 5. The Balaban J connectivity index is 3.25. The maximum Gasteiger partial charge on any atom is 0.126 e. The average molecular weight is 218 g/mol. The van der Waals surface area contributed by atoms with Crippen LogP contribution in [0.1, 0.15) is 50.7 Å². The van der Waals surface area contributed by atoms with Crippen molar-refractivity contribution >= 4 is 0 Å². The Morgan fingerprint density at radius 2 is 1.88 bits per heavy atom. The smallest absolute Gasteiger partial charge is 0.126 e. The van der Waals surface area contributed by atoms with Gasteiger partial charge >= 0.3 is 0 Å². The van der Waals surface area contributed by atoms with E-state index in [4.69, 9.17) is 4.74 Å². The van der Waals surface area contributed by atoms with E-state index < -0.39 is 0 Å². The Hall–Kier alpha value is -1.24. The minimum atomic E-state index is 0.334. The van der Waals surface area contributed by atoms with Crippen LogP contribution in [0.4, 0.5) is 0 Å². The second-order valence-corrected chi connectivity index (χ2v) is 4.38. The highest BCUT2D eigenvalue weighted by Crippen LogP contribution is 2.34. The summed E-state index contributed by atoms with van der Waals surface area (Å²) in [6, 6.07) is 6.38. The second-order valence-electron chi connectivity index (χ2n) is 4.38. The van der Waals surface area contributed by atoms with Crippen LogP contribution in [0.5, 0.6) is 5.75 Å². The SMILES string of the molecule is C=CC(C)c1cccc(C(C)C)c1OCC. The molecule has 0 aliphatic heterocycles. The molecule has 1 aromatic rings. The van der Waals surface area contributed by atoms with Gasteiger partial charge in [-0.1, -0.05) is 45.0 Å². The molecular weight excluding hydrogens is 196 g/mol. The molecule has 0 radical (unpaired) electrons. The van der Waals surface area contributed by atoms with Crippen LogP contribution in [0.2, 0.25) is 0 Å². The van der Waals surface area contributed by atoms with E-state index >= 15 is 0 Å². The van der Waals surface area contributed by atoms with Gasteiger partial charge < -0.3 is 4.74 Å². The Morgan fingerprint density at radius 1 is 1.25 bits per heavy atom. The summed E-state index contributed by atoms with van der Waals surface area (Å²) in [5, 5.41) is 0. The van der Waals surface area contributed by atoms with Crippen LogP contribution in [0, 0.1) is 0 Å². The van der Waals surface area contributed by atoms with Crippen LogP contribution in [0.3, 0.4) is 0 Å². The summed E-state index contributed by atoms with van der Waals surface area (Å²) in [5.41, 5.74) is 2.52. The Labute approximate surface area is 99.1 Å². The molecule has 0 aliphatic rings. The van der Waals surface area contributed by atoms with E-state index in [-0.39, 0.29) is 0 Å². The predicted octanol–water partition coefficient (Wildman–Crippen LogP) is 4.50. The largest absolute Gasteiger partial charge is 0.493 e. The molecule has 0 saturated carbocycles. The van der Waals surface area contributed by atoms with Gasteiger partial charge in [-0.2, -0.15) is 0 Å². The van der Waals surface area contributed by atoms with Crippen molar-refractivity contribution in [1.82, 2.24) is 0 Å². The monoisotopic (exact) mass is 218 g/mol. The standard InChI is InChI=1S/C15H22O/c1-6-12(5)14-10-8-9-13(11(3)4)15(14)16-7-2/h6,8-12H,1,7H2,2-5H3. The minimum absolute atomic E-state index is 0.334. The molecule has 0 N–H and O–H groups in total. The average Bonchev–Trinajstić information content (AvgIpc) is 2.28. The van der Waals surface area contributed by atoms with Gasteiger partial charge in [0, 0.05) is 11.5 Å². The number of hydrogen-bond donors (Lipinski definition) is 0. The molecule has 1 unspecified atom stereocenters. The third kappa shape index (κ3) is 2.66. The van der Waals surface area contributed by atoms with Crippen molar-refractivity contribution in [1.29, 1.82) is 0 Å². The van der Waals surface area contributed by atoms with Crippen molar-refractivity contribution in [3.8, 4) is 5.75 Å².